The van der Waals surface area contributed by atoms with Crippen LogP contribution in [0.5, 0.6) is 0 Å². The van der Waals surface area contributed by atoms with E-state index in [4.69, 9.17) is 27.9 Å². The topological polar surface area (TPSA) is 42.1 Å². The van der Waals surface area contributed by atoms with Crippen LogP contribution < -0.4 is 0 Å². The molecule has 0 amide bonds. The summed E-state index contributed by atoms with van der Waals surface area (Å²) in [6.07, 6.45) is 3.68. The zero-order valence-corrected chi connectivity index (χ0v) is 12.4. The molecule has 1 saturated carbocycles. The van der Waals surface area contributed by atoms with Crippen LogP contribution in [0.2, 0.25) is 0 Å². The van der Waals surface area contributed by atoms with Crippen LogP contribution in [0.3, 0.4) is 0 Å². The molecule has 3 rings (SSSR count). The Bertz CT molecular complexity index is 636. The van der Waals surface area contributed by atoms with E-state index in [1.54, 1.807) is 0 Å². The number of halogens is 2. The standard InChI is InChI=1S/C15H15Cl2NO2/c16-15(17)7-11(15)9-20-14(19)6-5-10-8-18-13-4-2-1-3-12(10)13/h1-4,8,11,18H,5-7,9H2/t11-/m1/s1. The number of aromatic amines is 1. The van der Waals surface area contributed by atoms with Crippen molar-refractivity contribution in [1.82, 2.24) is 4.98 Å². The molecule has 1 aliphatic carbocycles. The zero-order valence-electron chi connectivity index (χ0n) is 10.9. The number of esters is 1. The number of fused-ring (bicyclic) bond motifs is 1. The molecule has 20 heavy (non-hydrogen) atoms. The third-order valence-corrected chi connectivity index (χ3v) is 4.60. The van der Waals surface area contributed by atoms with Gasteiger partial charge < -0.3 is 9.72 Å². The second kappa shape index (κ2) is 5.30. The Morgan fingerprint density at radius 2 is 2.15 bits per heavy atom. The Morgan fingerprint density at radius 3 is 2.90 bits per heavy atom. The number of hydrogen-bond donors (Lipinski definition) is 1. The second-order valence-electron chi connectivity index (χ2n) is 5.20. The lowest BCUT2D eigenvalue weighted by molar-refractivity contribution is -0.144. The van der Waals surface area contributed by atoms with Crippen LogP contribution >= 0.6 is 23.2 Å². The molecule has 0 radical (unpaired) electrons. The third kappa shape index (κ3) is 2.94. The molecule has 2 aromatic rings. The third-order valence-electron chi connectivity index (χ3n) is 3.67. The van der Waals surface area contributed by atoms with E-state index in [0.717, 1.165) is 16.5 Å². The van der Waals surface area contributed by atoms with Crippen molar-refractivity contribution in [2.24, 2.45) is 5.92 Å². The van der Waals surface area contributed by atoms with E-state index in [2.05, 4.69) is 4.98 Å². The fourth-order valence-corrected chi connectivity index (χ4v) is 2.79. The van der Waals surface area contributed by atoms with Crippen LogP contribution in [-0.2, 0) is 16.0 Å². The molecule has 0 bridgehead atoms. The van der Waals surface area contributed by atoms with Crippen molar-refractivity contribution in [2.75, 3.05) is 6.61 Å². The maximum absolute atomic E-state index is 11.7. The number of aromatic nitrogens is 1. The largest absolute Gasteiger partial charge is 0.465 e. The van der Waals surface area contributed by atoms with Crippen molar-refractivity contribution in [3.05, 3.63) is 36.0 Å². The lowest BCUT2D eigenvalue weighted by Crippen LogP contribution is -2.10. The summed E-state index contributed by atoms with van der Waals surface area (Å²) in [6.45, 7) is 0.319. The van der Waals surface area contributed by atoms with E-state index >= 15 is 0 Å². The van der Waals surface area contributed by atoms with Gasteiger partial charge in [0.15, 0.2) is 0 Å². The molecule has 3 nitrogen and oxygen atoms in total. The van der Waals surface area contributed by atoms with E-state index < -0.39 is 4.33 Å². The highest BCUT2D eigenvalue weighted by molar-refractivity contribution is 6.50. The predicted molar refractivity (Wildman–Crippen MR) is 80.1 cm³/mol. The van der Waals surface area contributed by atoms with Crippen LogP contribution in [0.4, 0.5) is 0 Å². The predicted octanol–water partition coefficient (Wildman–Crippen LogP) is 3.84. The van der Waals surface area contributed by atoms with E-state index in [1.807, 2.05) is 30.5 Å². The minimum atomic E-state index is -0.683. The number of nitrogens with one attached hydrogen (secondary N) is 1. The summed E-state index contributed by atoms with van der Waals surface area (Å²) in [5.74, 6) is -0.116. The Morgan fingerprint density at radius 1 is 1.40 bits per heavy atom. The summed E-state index contributed by atoms with van der Waals surface area (Å²) in [7, 11) is 0. The SMILES string of the molecule is O=C(CCc1c[nH]c2ccccc12)OC[C@H]1CC1(Cl)Cl. The van der Waals surface area contributed by atoms with Gasteiger partial charge in [-0.15, -0.1) is 23.2 Å². The van der Waals surface area contributed by atoms with Gasteiger partial charge in [-0.05, 0) is 24.5 Å². The Labute approximate surface area is 127 Å². The molecule has 0 aliphatic heterocycles. The summed E-state index contributed by atoms with van der Waals surface area (Å²) in [4.78, 5) is 14.9. The van der Waals surface area contributed by atoms with Gasteiger partial charge in [0.05, 0.1) is 6.61 Å². The van der Waals surface area contributed by atoms with Gasteiger partial charge >= 0.3 is 5.97 Å². The Kier molecular flexibility index (Phi) is 3.65. The lowest BCUT2D eigenvalue weighted by Gasteiger charge is -2.04. The fraction of sp³-hybridized carbons (Fsp3) is 0.400. The number of hydrogen-bond acceptors (Lipinski definition) is 2. The molecule has 0 saturated heterocycles. The molecule has 5 heteroatoms. The van der Waals surface area contributed by atoms with Crippen molar-refractivity contribution in [3.63, 3.8) is 0 Å². The minimum absolute atomic E-state index is 0.0860. The molecule has 1 fully saturated rings. The molecule has 1 N–H and O–H groups in total. The molecular formula is C15H15Cl2NO2. The number of alkyl halides is 2. The summed E-state index contributed by atoms with van der Waals surface area (Å²) >= 11 is 11.8. The zero-order chi connectivity index (χ0) is 14.2. The molecule has 0 unspecified atom stereocenters. The maximum Gasteiger partial charge on any atom is 0.306 e. The monoisotopic (exact) mass is 311 g/mol. The smallest absolute Gasteiger partial charge is 0.306 e. The molecule has 1 aromatic heterocycles. The highest BCUT2D eigenvalue weighted by Gasteiger charge is 2.52. The molecule has 106 valence electrons. The quantitative estimate of drug-likeness (QED) is 0.673. The van der Waals surface area contributed by atoms with E-state index in [0.29, 0.717) is 25.9 Å². The number of benzene rings is 1. The average molecular weight is 312 g/mol. The van der Waals surface area contributed by atoms with Crippen molar-refractivity contribution < 1.29 is 9.53 Å². The van der Waals surface area contributed by atoms with Gasteiger partial charge in [-0.25, -0.2) is 0 Å². The highest BCUT2D eigenvalue weighted by atomic mass is 35.5. The van der Waals surface area contributed by atoms with Crippen molar-refractivity contribution >= 4 is 40.1 Å². The number of H-pyrrole nitrogens is 1. The number of aryl methyl sites for hydroxylation is 1. The van der Waals surface area contributed by atoms with Gasteiger partial charge in [-0.1, -0.05) is 18.2 Å². The van der Waals surface area contributed by atoms with E-state index in [1.165, 1.54) is 0 Å². The van der Waals surface area contributed by atoms with Gasteiger partial charge in [0.2, 0.25) is 0 Å². The van der Waals surface area contributed by atoms with Gasteiger partial charge in [0, 0.05) is 29.4 Å². The normalized spacial score (nSPS) is 20.0. The van der Waals surface area contributed by atoms with Crippen molar-refractivity contribution in [2.45, 2.75) is 23.6 Å². The number of ether oxygens (including phenoxy) is 1. The molecule has 1 heterocycles. The first-order chi connectivity index (χ1) is 9.56. The second-order valence-corrected chi connectivity index (χ2v) is 6.75. The van der Waals surface area contributed by atoms with E-state index in [9.17, 15) is 4.79 Å². The summed E-state index contributed by atoms with van der Waals surface area (Å²) in [5.41, 5.74) is 2.22. The maximum atomic E-state index is 11.7. The molecule has 1 atom stereocenters. The molecule has 1 aliphatic rings. The number of carbonyl (C=O) groups excluding carboxylic acids is 1. The van der Waals surface area contributed by atoms with Gasteiger partial charge in [0.25, 0.3) is 0 Å². The van der Waals surface area contributed by atoms with Crippen molar-refractivity contribution in [1.29, 1.82) is 0 Å². The van der Waals surface area contributed by atoms with Crippen molar-refractivity contribution in [3.8, 4) is 0 Å². The van der Waals surface area contributed by atoms with Crippen LogP contribution in [0, 0.1) is 5.92 Å². The summed E-state index contributed by atoms with van der Waals surface area (Å²) in [6, 6.07) is 8.04. The Hall–Kier alpha value is -1.19. The molecule has 1 aromatic carbocycles. The first-order valence-corrected chi connectivity index (χ1v) is 7.40. The molecule has 0 spiro atoms. The summed E-state index contributed by atoms with van der Waals surface area (Å²) < 4.78 is 4.51. The Balaban J connectivity index is 1.50. The van der Waals surface area contributed by atoms with Gasteiger partial charge in [0.1, 0.15) is 4.33 Å². The van der Waals surface area contributed by atoms with Gasteiger partial charge in [-0.3, -0.25) is 4.79 Å². The average Bonchev–Trinajstić information content (AvgIpc) is 2.85. The number of rotatable bonds is 5. The minimum Gasteiger partial charge on any atom is -0.465 e. The van der Waals surface area contributed by atoms with E-state index in [-0.39, 0.29) is 11.9 Å². The lowest BCUT2D eigenvalue weighted by atomic mass is 10.1. The highest BCUT2D eigenvalue weighted by Crippen LogP contribution is 2.53. The first-order valence-electron chi connectivity index (χ1n) is 6.65. The number of carbonyl (C=O) groups is 1. The first kappa shape index (κ1) is 13.8. The van der Waals surface area contributed by atoms with Crippen LogP contribution in [0.1, 0.15) is 18.4 Å². The van der Waals surface area contributed by atoms with Crippen LogP contribution in [-0.4, -0.2) is 21.9 Å². The van der Waals surface area contributed by atoms with Crippen LogP contribution in [0.25, 0.3) is 10.9 Å². The van der Waals surface area contributed by atoms with Gasteiger partial charge in [-0.2, -0.15) is 0 Å². The number of para-hydroxylation sites is 1. The fourth-order valence-electron chi connectivity index (χ4n) is 2.29. The van der Waals surface area contributed by atoms with Crippen LogP contribution in [0.15, 0.2) is 30.5 Å². The summed E-state index contributed by atoms with van der Waals surface area (Å²) in [5, 5.41) is 1.16. The molecular weight excluding hydrogens is 297 g/mol.